The van der Waals surface area contributed by atoms with Gasteiger partial charge < -0.3 is 19.4 Å². The van der Waals surface area contributed by atoms with Gasteiger partial charge in [-0.15, -0.1) is 0 Å². The molecule has 1 heterocycles. The van der Waals surface area contributed by atoms with E-state index in [-0.39, 0.29) is 11.7 Å². The average molecular weight is 380 g/mol. The number of ether oxygens (including phenoxy) is 1. The monoisotopic (exact) mass is 380 g/mol. The van der Waals surface area contributed by atoms with Crippen LogP contribution in [0.2, 0.25) is 0 Å². The first kappa shape index (κ1) is 20.1. The summed E-state index contributed by atoms with van der Waals surface area (Å²) in [4.78, 5) is 14.2. The van der Waals surface area contributed by atoms with E-state index in [0.717, 1.165) is 40.8 Å². The number of para-hydroxylation sites is 1. The molecule has 0 radical (unpaired) electrons. The number of benzene rings is 2. The van der Waals surface area contributed by atoms with E-state index in [0.29, 0.717) is 12.1 Å². The quantitative estimate of drug-likeness (QED) is 0.603. The highest BCUT2D eigenvalue weighted by Crippen LogP contribution is 2.27. The predicted octanol–water partition coefficient (Wildman–Crippen LogP) is 3.76. The van der Waals surface area contributed by atoms with Crippen LogP contribution in [0.5, 0.6) is 5.75 Å². The van der Waals surface area contributed by atoms with Crippen molar-refractivity contribution in [3.8, 4) is 5.75 Å². The van der Waals surface area contributed by atoms with E-state index in [9.17, 15) is 4.79 Å². The number of hydrogen-bond donors (Lipinski definition) is 1. The summed E-state index contributed by atoms with van der Waals surface area (Å²) in [5, 5.41) is 4.48. The van der Waals surface area contributed by atoms with Crippen LogP contribution >= 0.6 is 0 Å². The highest BCUT2D eigenvalue weighted by Gasteiger charge is 2.18. The number of nitrogens with one attached hydrogen (secondary N) is 1. The van der Waals surface area contributed by atoms with Crippen LogP contribution in [0.3, 0.4) is 0 Å². The molecule has 28 heavy (non-hydrogen) atoms. The van der Waals surface area contributed by atoms with Crippen LogP contribution in [0, 0.1) is 0 Å². The Labute approximate surface area is 165 Å². The summed E-state index contributed by atoms with van der Waals surface area (Å²) >= 11 is 0. The van der Waals surface area contributed by atoms with Crippen molar-refractivity contribution in [3.63, 3.8) is 0 Å². The van der Waals surface area contributed by atoms with Gasteiger partial charge in [0, 0.05) is 30.1 Å². The van der Waals surface area contributed by atoms with Crippen LogP contribution in [-0.2, 0) is 13.0 Å². The van der Waals surface area contributed by atoms with Crippen LogP contribution in [0.25, 0.3) is 11.0 Å². The number of methoxy groups -OCH3 is 1. The highest BCUT2D eigenvalue weighted by molar-refractivity contribution is 5.80. The maximum atomic E-state index is 12.0. The number of likely N-dealkylation sites (N-methyl/N-ethyl adjacent to an activating group) is 1. The zero-order valence-corrected chi connectivity index (χ0v) is 17.0. The molecule has 0 aliphatic heterocycles. The van der Waals surface area contributed by atoms with E-state index < -0.39 is 0 Å². The summed E-state index contributed by atoms with van der Waals surface area (Å²) in [6.07, 6.45) is 0.908. The SMILES string of the molecule is CCc1ccc2c(CNC[C@@H](c3ccccc3OC)N(C)C)cc(=O)oc2c1. The van der Waals surface area contributed by atoms with Gasteiger partial charge in [-0.05, 0) is 43.8 Å². The van der Waals surface area contributed by atoms with Gasteiger partial charge in [0.25, 0.3) is 0 Å². The predicted molar refractivity (Wildman–Crippen MR) is 113 cm³/mol. The van der Waals surface area contributed by atoms with E-state index >= 15 is 0 Å². The summed E-state index contributed by atoms with van der Waals surface area (Å²) in [6, 6.07) is 15.9. The lowest BCUT2D eigenvalue weighted by Crippen LogP contribution is -2.31. The van der Waals surface area contributed by atoms with Gasteiger partial charge in [-0.3, -0.25) is 0 Å². The highest BCUT2D eigenvalue weighted by atomic mass is 16.5. The Kier molecular flexibility index (Phi) is 6.49. The molecule has 3 aromatic rings. The Hall–Kier alpha value is -2.63. The van der Waals surface area contributed by atoms with Crippen molar-refractivity contribution in [1.82, 2.24) is 10.2 Å². The van der Waals surface area contributed by atoms with Crippen molar-refractivity contribution in [3.05, 3.63) is 75.6 Å². The third kappa shape index (κ3) is 4.43. The Morgan fingerprint density at radius 1 is 1.14 bits per heavy atom. The number of fused-ring (bicyclic) bond motifs is 1. The Morgan fingerprint density at radius 2 is 1.93 bits per heavy atom. The van der Waals surface area contributed by atoms with Crippen molar-refractivity contribution >= 4 is 11.0 Å². The van der Waals surface area contributed by atoms with Crippen molar-refractivity contribution < 1.29 is 9.15 Å². The summed E-state index contributed by atoms with van der Waals surface area (Å²) in [7, 11) is 5.80. The topological polar surface area (TPSA) is 54.7 Å². The van der Waals surface area contributed by atoms with Gasteiger partial charge in [0.2, 0.25) is 0 Å². The molecule has 0 bridgehead atoms. The molecule has 0 saturated carbocycles. The lowest BCUT2D eigenvalue weighted by molar-refractivity contribution is 0.279. The number of hydrogen-bond acceptors (Lipinski definition) is 5. The summed E-state index contributed by atoms with van der Waals surface area (Å²) in [5.41, 5.74) is 3.58. The molecule has 0 aliphatic rings. The first-order chi connectivity index (χ1) is 13.5. The molecule has 1 atom stereocenters. The third-order valence-electron chi connectivity index (χ3n) is 5.08. The first-order valence-corrected chi connectivity index (χ1v) is 9.59. The zero-order chi connectivity index (χ0) is 20.1. The Morgan fingerprint density at radius 3 is 2.64 bits per heavy atom. The van der Waals surface area contributed by atoms with Gasteiger partial charge in [-0.2, -0.15) is 0 Å². The minimum atomic E-state index is -0.313. The third-order valence-corrected chi connectivity index (χ3v) is 5.08. The molecule has 148 valence electrons. The van der Waals surface area contributed by atoms with E-state index in [1.165, 1.54) is 0 Å². The number of rotatable bonds is 8. The molecule has 0 aliphatic carbocycles. The normalized spacial score (nSPS) is 12.5. The van der Waals surface area contributed by atoms with E-state index in [1.807, 2.05) is 30.3 Å². The molecule has 2 aromatic carbocycles. The van der Waals surface area contributed by atoms with E-state index in [2.05, 4.69) is 43.4 Å². The minimum absolute atomic E-state index is 0.147. The van der Waals surface area contributed by atoms with Gasteiger partial charge >= 0.3 is 5.63 Å². The number of nitrogens with zero attached hydrogens (tertiary/aromatic N) is 1. The summed E-state index contributed by atoms with van der Waals surface area (Å²) in [5.74, 6) is 0.876. The maximum Gasteiger partial charge on any atom is 0.336 e. The second-order valence-corrected chi connectivity index (χ2v) is 7.13. The first-order valence-electron chi connectivity index (χ1n) is 9.59. The largest absolute Gasteiger partial charge is 0.496 e. The van der Waals surface area contributed by atoms with Crippen LogP contribution in [0.1, 0.15) is 29.7 Å². The van der Waals surface area contributed by atoms with Crippen LogP contribution in [0.4, 0.5) is 0 Å². The van der Waals surface area contributed by atoms with Gasteiger partial charge in [0.15, 0.2) is 0 Å². The molecule has 0 unspecified atom stereocenters. The molecule has 1 N–H and O–H groups in total. The van der Waals surface area contributed by atoms with E-state index in [4.69, 9.17) is 9.15 Å². The molecule has 3 rings (SSSR count). The smallest absolute Gasteiger partial charge is 0.336 e. The molecule has 5 nitrogen and oxygen atoms in total. The molecule has 1 aromatic heterocycles. The summed E-state index contributed by atoms with van der Waals surface area (Å²) in [6.45, 7) is 3.40. The van der Waals surface area contributed by atoms with Gasteiger partial charge in [0.05, 0.1) is 13.2 Å². The van der Waals surface area contributed by atoms with Crippen LogP contribution < -0.4 is 15.7 Å². The average Bonchev–Trinajstić information content (AvgIpc) is 2.70. The van der Waals surface area contributed by atoms with Gasteiger partial charge in [0.1, 0.15) is 11.3 Å². The minimum Gasteiger partial charge on any atom is -0.496 e. The molecule has 0 fully saturated rings. The fourth-order valence-electron chi connectivity index (χ4n) is 3.50. The molecular weight excluding hydrogens is 352 g/mol. The fraction of sp³-hybridized carbons (Fsp3) is 0.348. The van der Waals surface area contributed by atoms with E-state index in [1.54, 1.807) is 13.2 Å². The van der Waals surface area contributed by atoms with Crippen LogP contribution in [0.15, 0.2) is 57.7 Å². The van der Waals surface area contributed by atoms with Gasteiger partial charge in [-0.25, -0.2) is 4.79 Å². The molecule has 5 heteroatoms. The lowest BCUT2D eigenvalue weighted by Gasteiger charge is -2.26. The molecular formula is C23H28N2O3. The number of aryl methyl sites for hydroxylation is 1. The lowest BCUT2D eigenvalue weighted by atomic mass is 10.0. The van der Waals surface area contributed by atoms with Crippen molar-refractivity contribution in [1.29, 1.82) is 0 Å². The van der Waals surface area contributed by atoms with Gasteiger partial charge in [-0.1, -0.05) is 37.3 Å². The molecule has 0 saturated heterocycles. The van der Waals surface area contributed by atoms with Crippen molar-refractivity contribution in [2.45, 2.75) is 25.9 Å². The molecule has 0 spiro atoms. The zero-order valence-electron chi connectivity index (χ0n) is 17.0. The second kappa shape index (κ2) is 9.04. The Bertz CT molecular complexity index is 995. The van der Waals surface area contributed by atoms with Crippen molar-refractivity contribution in [2.24, 2.45) is 0 Å². The fourth-order valence-corrected chi connectivity index (χ4v) is 3.50. The van der Waals surface area contributed by atoms with Crippen molar-refractivity contribution in [2.75, 3.05) is 27.7 Å². The summed E-state index contributed by atoms with van der Waals surface area (Å²) < 4.78 is 10.9. The molecule has 0 amide bonds. The second-order valence-electron chi connectivity index (χ2n) is 7.13. The van der Waals surface area contributed by atoms with Crippen LogP contribution in [-0.4, -0.2) is 32.6 Å². The maximum absolute atomic E-state index is 12.0. The standard InChI is InChI=1S/C23H28N2O3/c1-5-16-10-11-18-17(13-23(26)28-22(18)12-16)14-24-15-20(25(2)3)19-8-6-7-9-21(19)27-4/h6-13,20,24H,5,14-15H2,1-4H3/t20-/m0/s1. The Balaban J connectivity index is 1.80.